The van der Waals surface area contributed by atoms with Crippen LogP contribution in [0.4, 0.5) is 0 Å². The highest BCUT2D eigenvalue weighted by Crippen LogP contribution is 2.23. The maximum absolute atomic E-state index is 11.5. The summed E-state index contributed by atoms with van der Waals surface area (Å²) in [4.78, 5) is 11.5. The number of aliphatic carboxylic acids is 1. The van der Waals surface area contributed by atoms with Gasteiger partial charge in [-0.2, -0.15) is 0 Å². The fraction of sp³-hybridized carbons (Fsp3) is 0.211. The summed E-state index contributed by atoms with van der Waals surface area (Å²) < 4.78 is 5.05. The lowest BCUT2D eigenvalue weighted by molar-refractivity contribution is -0.140. The van der Waals surface area contributed by atoms with Gasteiger partial charge in [0.25, 0.3) is 0 Å². The molecule has 4 heteroatoms. The Morgan fingerprint density at radius 1 is 1.09 bits per heavy atom. The highest BCUT2D eigenvalue weighted by Gasteiger charge is 2.27. The second-order valence-electron chi connectivity index (χ2n) is 5.17. The zero-order chi connectivity index (χ0) is 16.8. The molecule has 0 saturated heterocycles. The number of methoxy groups -OCH3 is 1. The quantitative estimate of drug-likeness (QED) is 0.852. The number of carboxylic acids is 1. The van der Waals surface area contributed by atoms with Crippen molar-refractivity contribution < 1.29 is 19.7 Å². The molecule has 0 unspecified atom stereocenters. The molecule has 23 heavy (non-hydrogen) atoms. The molecule has 118 valence electrons. The Labute approximate surface area is 135 Å². The van der Waals surface area contributed by atoms with Crippen molar-refractivity contribution in [2.45, 2.75) is 18.9 Å². The monoisotopic (exact) mass is 310 g/mol. The van der Waals surface area contributed by atoms with Crippen LogP contribution in [0.3, 0.4) is 0 Å². The average molecular weight is 310 g/mol. The number of hydrogen-bond acceptors (Lipinski definition) is 3. The van der Waals surface area contributed by atoms with E-state index in [1.807, 2.05) is 31.2 Å². The van der Waals surface area contributed by atoms with Crippen LogP contribution in [0.5, 0.6) is 5.75 Å². The Balaban J connectivity index is 2.23. The third-order valence-electron chi connectivity index (χ3n) is 3.47. The summed E-state index contributed by atoms with van der Waals surface area (Å²) in [6.07, 6.45) is -1.30. The van der Waals surface area contributed by atoms with Crippen molar-refractivity contribution in [2.24, 2.45) is 0 Å². The van der Waals surface area contributed by atoms with Crippen molar-refractivity contribution in [3.63, 3.8) is 0 Å². The normalized spacial score (nSPS) is 12.7. The summed E-state index contributed by atoms with van der Waals surface area (Å²) in [5, 5.41) is 19.6. The molecule has 0 amide bonds. The number of ether oxygens (including phenoxy) is 1. The van der Waals surface area contributed by atoms with Crippen LogP contribution in [-0.4, -0.2) is 29.4 Å². The van der Waals surface area contributed by atoms with Gasteiger partial charge in [-0.05, 0) is 36.8 Å². The minimum atomic E-state index is -1.30. The van der Waals surface area contributed by atoms with E-state index in [1.165, 1.54) is 7.11 Å². The Morgan fingerprint density at radius 3 is 2.22 bits per heavy atom. The van der Waals surface area contributed by atoms with Crippen molar-refractivity contribution in [3.8, 4) is 17.6 Å². The van der Waals surface area contributed by atoms with Crippen LogP contribution in [-0.2, 0) is 4.79 Å². The van der Waals surface area contributed by atoms with Gasteiger partial charge >= 0.3 is 5.97 Å². The molecule has 0 spiro atoms. The van der Waals surface area contributed by atoms with Gasteiger partial charge in [-0.1, -0.05) is 41.7 Å². The van der Waals surface area contributed by atoms with E-state index in [0.717, 1.165) is 11.1 Å². The van der Waals surface area contributed by atoms with Gasteiger partial charge in [0.05, 0.1) is 7.11 Å². The van der Waals surface area contributed by atoms with E-state index >= 15 is 0 Å². The summed E-state index contributed by atoms with van der Waals surface area (Å²) in [5.41, 5.74) is 2.32. The minimum Gasteiger partial charge on any atom is -0.497 e. The number of benzene rings is 2. The zero-order valence-electron chi connectivity index (χ0n) is 13.0. The number of aliphatic hydroxyl groups is 1. The number of hydrogen-bond donors (Lipinski definition) is 2. The molecular weight excluding hydrogens is 292 g/mol. The van der Waals surface area contributed by atoms with Gasteiger partial charge in [0.15, 0.2) is 0 Å². The van der Waals surface area contributed by atoms with E-state index in [1.54, 1.807) is 24.3 Å². The molecule has 0 aromatic heterocycles. The fourth-order valence-corrected chi connectivity index (χ4v) is 2.15. The molecule has 2 aromatic carbocycles. The zero-order valence-corrected chi connectivity index (χ0v) is 13.0. The number of rotatable bonds is 4. The van der Waals surface area contributed by atoms with Crippen LogP contribution < -0.4 is 4.74 Å². The lowest BCUT2D eigenvalue weighted by Gasteiger charge is -2.15. The van der Waals surface area contributed by atoms with Crippen LogP contribution in [0.2, 0.25) is 0 Å². The fourth-order valence-electron chi connectivity index (χ4n) is 2.15. The first kappa shape index (κ1) is 16.6. The topological polar surface area (TPSA) is 66.8 Å². The number of carboxylic acid groups (broad SMARTS) is 1. The molecule has 0 aliphatic heterocycles. The first-order valence-corrected chi connectivity index (χ1v) is 7.14. The predicted molar refractivity (Wildman–Crippen MR) is 87.4 cm³/mol. The van der Waals surface area contributed by atoms with Crippen molar-refractivity contribution >= 4 is 5.97 Å². The van der Waals surface area contributed by atoms with E-state index in [2.05, 4.69) is 11.8 Å². The molecule has 0 aliphatic carbocycles. The molecule has 2 aromatic rings. The van der Waals surface area contributed by atoms with Gasteiger partial charge in [0.1, 0.15) is 17.8 Å². The number of carbonyl (C=O) groups is 1. The van der Waals surface area contributed by atoms with Crippen LogP contribution in [0.25, 0.3) is 0 Å². The van der Waals surface area contributed by atoms with E-state index < -0.39 is 18.0 Å². The van der Waals surface area contributed by atoms with E-state index in [-0.39, 0.29) is 0 Å². The highest BCUT2D eigenvalue weighted by atomic mass is 16.5. The summed E-state index contributed by atoms with van der Waals surface area (Å²) in [6.45, 7) is 1.97. The van der Waals surface area contributed by atoms with Crippen LogP contribution in [0.1, 0.15) is 22.6 Å². The van der Waals surface area contributed by atoms with Gasteiger partial charge in [0.2, 0.25) is 0 Å². The predicted octanol–water partition coefficient (Wildman–Crippen LogP) is 2.58. The highest BCUT2D eigenvalue weighted by molar-refractivity contribution is 5.77. The van der Waals surface area contributed by atoms with E-state index in [9.17, 15) is 15.0 Å². The van der Waals surface area contributed by atoms with Crippen molar-refractivity contribution in [1.82, 2.24) is 0 Å². The largest absolute Gasteiger partial charge is 0.497 e. The first-order chi connectivity index (χ1) is 11.0. The molecule has 0 radical (unpaired) electrons. The van der Waals surface area contributed by atoms with Gasteiger partial charge in [-0.15, -0.1) is 0 Å². The lowest BCUT2D eigenvalue weighted by Crippen LogP contribution is -2.24. The molecule has 0 heterocycles. The average Bonchev–Trinajstić information content (AvgIpc) is 2.55. The Bertz CT molecular complexity index is 721. The minimum absolute atomic E-state index is 0.476. The summed E-state index contributed by atoms with van der Waals surface area (Å²) >= 11 is 0. The summed E-state index contributed by atoms with van der Waals surface area (Å²) in [5.74, 6) is 3.82. The van der Waals surface area contributed by atoms with Crippen molar-refractivity contribution in [1.29, 1.82) is 0 Å². The first-order valence-electron chi connectivity index (χ1n) is 7.14. The molecule has 2 rings (SSSR count). The molecule has 0 aliphatic rings. The SMILES string of the molecule is COc1ccc([C@@H](C(=O)O)[C@H](O)C#Cc2ccc(C)cc2)cc1. The number of aryl methyl sites for hydroxylation is 1. The number of aliphatic hydroxyl groups excluding tert-OH is 1. The second-order valence-corrected chi connectivity index (χ2v) is 5.17. The standard InChI is InChI=1S/C19H18O4/c1-13-3-5-14(6-4-13)7-12-17(20)18(19(21)22)15-8-10-16(23-2)11-9-15/h3-6,8-11,17-18,20H,1-2H3,(H,21,22)/t17-,18-/m1/s1. The smallest absolute Gasteiger partial charge is 0.314 e. The van der Waals surface area contributed by atoms with E-state index in [0.29, 0.717) is 11.3 Å². The summed E-state index contributed by atoms with van der Waals surface area (Å²) in [7, 11) is 1.53. The van der Waals surface area contributed by atoms with Gasteiger partial charge in [0, 0.05) is 5.56 Å². The Kier molecular flexibility index (Phi) is 5.40. The van der Waals surface area contributed by atoms with Crippen LogP contribution >= 0.6 is 0 Å². The lowest BCUT2D eigenvalue weighted by atomic mass is 9.93. The molecule has 0 saturated carbocycles. The third kappa shape index (κ3) is 4.35. The van der Waals surface area contributed by atoms with Gasteiger partial charge < -0.3 is 14.9 Å². The molecule has 0 fully saturated rings. The molecule has 4 nitrogen and oxygen atoms in total. The van der Waals surface area contributed by atoms with Gasteiger partial charge in [-0.3, -0.25) is 4.79 Å². The molecular formula is C19H18O4. The maximum atomic E-state index is 11.5. The van der Waals surface area contributed by atoms with E-state index in [4.69, 9.17) is 4.74 Å². The van der Waals surface area contributed by atoms with Crippen LogP contribution in [0.15, 0.2) is 48.5 Å². The van der Waals surface area contributed by atoms with Crippen molar-refractivity contribution in [3.05, 3.63) is 65.2 Å². The van der Waals surface area contributed by atoms with Crippen LogP contribution in [0, 0.1) is 18.8 Å². The third-order valence-corrected chi connectivity index (χ3v) is 3.47. The maximum Gasteiger partial charge on any atom is 0.314 e. The summed E-state index contributed by atoms with van der Waals surface area (Å²) in [6, 6.07) is 14.0. The molecule has 2 atom stereocenters. The second kappa shape index (κ2) is 7.48. The van der Waals surface area contributed by atoms with Crippen molar-refractivity contribution in [2.75, 3.05) is 7.11 Å². The van der Waals surface area contributed by atoms with Gasteiger partial charge in [-0.25, -0.2) is 0 Å². The molecule has 2 N–H and O–H groups in total. The molecule has 0 bridgehead atoms. The Hall–Kier alpha value is -2.77. The Morgan fingerprint density at radius 2 is 1.70 bits per heavy atom.